The smallest absolute Gasteiger partial charge is 0.264 e. The van der Waals surface area contributed by atoms with E-state index in [0.717, 1.165) is 27.4 Å². The van der Waals surface area contributed by atoms with Crippen LogP contribution in [0.5, 0.6) is 0 Å². The van der Waals surface area contributed by atoms with E-state index in [4.69, 9.17) is 11.6 Å². The van der Waals surface area contributed by atoms with Gasteiger partial charge in [-0.05, 0) is 65.4 Å². The van der Waals surface area contributed by atoms with Gasteiger partial charge in [-0.25, -0.2) is 8.42 Å². The number of anilines is 1. The molecule has 2 amide bonds. The van der Waals surface area contributed by atoms with Gasteiger partial charge in [0.15, 0.2) is 0 Å². The molecule has 0 heterocycles. The van der Waals surface area contributed by atoms with Gasteiger partial charge in [-0.1, -0.05) is 105 Å². The lowest BCUT2D eigenvalue weighted by Crippen LogP contribution is -2.53. The van der Waals surface area contributed by atoms with E-state index < -0.39 is 28.5 Å². The van der Waals surface area contributed by atoms with Gasteiger partial charge >= 0.3 is 0 Å². The molecule has 0 radical (unpaired) electrons. The maximum absolute atomic E-state index is 14.5. The predicted octanol–water partition coefficient (Wildman–Crippen LogP) is 6.83. The maximum atomic E-state index is 14.5. The number of benzene rings is 4. The van der Waals surface area contributed by atoms with Crippen LogP contribution in [-0.2, 0) is 32.6 Å². The molecule has 236 valence electrons. The predicted molar refractivity (Wildman–Crippen MR) is 181 cm³/mol. The Labute approximate surface area is 271 Å². The largest absolute Gasteiger partial charge is 0.354 e. The van der Waals surface area contributed by atoms with Crippen LogP contribution in [0.2, 0.25) is 5.02 Å². The number of carbonyl (C=O) groups is 2. The molecule has 45 heavy (non-hydrogen) atoms. The number of halogens is 1. The number of nitrogens with zero attached hydrogens (tertiary/aromatic N) is 2. The van der Waals surface area contributed by atoms with Crippen LogP contribution in [0.3, 0.4) is 0 Å². The molecular formula is C36H40ClN3O4S. The maximum Gasteiger partial charge on any atom is 0.264 e. The molecule has 4 rings (SSSR count). The molecule has 0 saturated carbocycles. The number of rotatable bonds is 14. The van der Waals surface area contributed by atoms with Crippen molar-refractivity contribution in [1.82, 2.24) is 10.2 Å². The average Bonchev–Trinajstić information content (AvgIpc) is 3.05. The van der Waals surface area contributed by atoms with Gasteiger partial charge in [0.2, 0.25) is 11.8 Å². The zero-order valence-corrected chi connectivity index (χ0v) is 27.5. The Bertz CT molecular complexity index is 1660. The highest BCUT2D eigenvalue weighted by molar-refractivity contribution is 7.92. The van der Waals surface area contributed by atoms with Crippen LogP contribution in [0, 0.1) is 0 Å². The Kier molecular flexibility index (Phi) is 11.8. The van der Waals surface area contributed by atoms with Gasteiger partial charge in [-0.2, -0.15) is 0 Å². The molecule has 0 saturated heterocycles. The third-order valence-electron chi connectivity index (χ3n) is 7.52. The van der Waals surface area contributed by atoms with Gasteiger partial charge in [-0.15, -0.1) is 0 Å². The van der Waals surface area contributed by atoms with E-state index in [1.807, 2.05) is 55.5 Å². The fourth-order valence-corrected chi connectivity index (χ4v) is 6.67. The van der Waals surface area contributed by atoms with Crippen molar-refractivity contribution < 1.29 is 18.0 Å². The molecule has 0 aliphatic heterocycles. The lowest BCUT2D eigenvalue weighted by Gasteiger charge is -2.34. The number of carbonyl (C=O) groups excluding carboxylic acids is 2. The van der Waals surface area contributed by atoms with Crippen molar-refractivity contribution in [3.8, 4) is 0 Å². The first-order chi connectivity index (χ1) is 21.6. The van der Waals surface area contributed by atoms with Crippen LogP contribution in [0.1, 0.15) is 49.8 Å². The lowest BCUT2D eigenvalue weighted by atomic mass is 10.0. The highest BCUT2D eigenvalue weighted by atomic mass is 35.5. The molecule has 0 spiro atoms. The fraction of sp³-hybridized carbons (Fsp3) is 0.278. The Hall–Kier alpha value is -4.14. The normalized spacial score (nSPS) is 12.0. The van der Waals surface area contributed by atoms with Crippen LogP contribution in [0.15, 0.2) is 114 Å². The van der Waals surface area contributed by atoms with Gasteiger partial charge in [0.25, 0.3) is 10.0 Å². The van der Waals surface area contributed by atoms with Crippen molar-refractivity contribution in [2.75, 3.05) is 17.4 Å². The van der Waals surface area contributed by atoms with Crippen molar-refractivity contribution in [1.29, 1.82) is 0 Å². The van der Waals surface area contributed by atoms with E-state index in [2.05, 4.69) is 19.2 Å². The van der Waals surface area contributed by atoms with E-state index >= 15 is 0 Å². The summed E-state index contributed by atoms with van der Waals surface area (Å²) in [5, 5.41) is 3.45. The Morgan fingerprint density at radius 1 is 0.822 bits per heavy atom. The number of amides is 2. The summed E-state index contributed by atoms with van der Waals surface area (Å²) in [6.07, 6.45) is 0.971. The highest BCUT2D eigenvalue weighted by Gasteiger charge is 2.34. The second-order valence-electron chi connectivity index (χ2n) is 11.2. The van der Waals surface area contributed by atoms with Crippen molar-refractivity contribution in [2.45, 2.75) is 57.0 Å². The van der Waals surface area contributed by atoms with E-state index in [1.54, 1.807) is 48.5 Å². The minimum atomic E-state index is -4.15. The van der Waals surface area contributed by atoms with Crippen LogP contribution >= 0.6 is 11.6 Å². The third-order valence-corrected chi connectivity index (χ3v) is 9.54. The first kappa shape index (κ1) is 33.7. The van der Waals surface area contributed by atoms with Gasteiger partial charge in [-0.3, -0.25) is 13.9 Å². The quantitative estimate of drug-likeness (QED) is 0.163. The topological polar surface area (TPSA) is 86.8 Å². The minimum Gasteiger partial charge on any atom is -0.354 e. The molecule has 0 aromatic heterocycles. The summed E-state index contributed by atoms with van der Waals surface area (Å²) in [4.78, 5) is 29.7. The van der Waals surface area contributed by atoms with E-state index in [1.165, 1.54) is 17.0 Å². The first-order valence-corrected chi connectivity index (χ1v) is 16.9. The van der Waals surface area contributed by atoms with Crippen molar-refractivity contribution in [2.24, 2.45) is 0 Å². The zero-order valence-electron chi connectivity index (χ0n) is 25.9. The molecule has 0 aliphatic carbocycles. The van der Waals surface area contributed by atoms with Crippen molar-refractivity contribution >= 4 is 39.1 Å². The second kappa shape index (κ2) is 15.7. The summed E-state index contributed by atoms with van der Waals surface area (Å²) >= 11 is 6.30. The monoisotopic (exact) mass is 645 g/mol. The summed E-state index contributed by atoms with van der Waals surface area (Å²) < 4.78 is 29.3. The molecule has 4 aromatic carbocycles. The van der Waals surface area contributed by atoms with Crippen LogP contribution in [-0.4, -0.2) is 44.3 Å². The Morgan fingerprint density at radius 3 is 2.04 bits per heavy atom. The Balaban J connectivity index is 1.79. The van der Waals surface area contributed by atoms with Crippen LogP contribution in [0.25, 0.3) is 0 Å². The second-order valence-corrected chi connectivity index (χ2v) is 13.5. The van der Waals surface area contributed by atoms with Crippen LogP contribution < -0.4 is 9.62 Å². The molecule has 7 nitrogen and oxygen atoms in total. The van der Waals surface area contributed by atoms with Crippen molar-refractivity contribution in [3.63, 3.8) is 0 Å². The van der Waals surface area contributed by atoms with Gasteiger partial charge in [0.05, 0.1) is 10.6 Å². The van der Waals surface area contributed by atoms with Gasteiger partial charge < -0.3 is 10.2 Å². The third kappa shape index (κ3) is 8.96. The molecule has 1 N–H and O–H groups in total. The minimum absolute atomic E-state index is 0.0575. The molecule has 0 bridgehead atoms. The van der Waals surface area contributed by atoms with Crippen LogP contribution in [0.4, 0.5) is 5.69 Å². The highest BCUT2D eigenvalue weighted by Crippen LogP contribution is 2.27. The first-order valence-electron chi connectivity index (χ1n) is 15.1. The number of sulfonamides is 1. The lowest BCUT2D eigenvalue weighted by molar-refractivity contribution is -0.140. The van der Waals surface area contributed by atoms with E-state index in [9.17, 15) is 18.0 Å². The summed E-state index contributed by atoms with van der Waals surface area (Å²) in [6.45, 7) is 6.06. The van der Waals surface area contributed by atoms with Gasteiger partial charge in [0.1, 0.15) is 12.6 Å². The van der Waals surface area contributed by atoms with Gasteiger partial charge in [0, 0.05) is 24.5 Å². The summed E-state index contributed by atoms with van der Waals surface area (Å²) in [6, 6.07) is 30.9. The molecule has 0 aliphatic rings. The summed E-state index contributed by atoms with van der Waals surface area (Å²) in [7, 11) is -4.15. The van der Waals surface area contributed by atoms with E-state index in [0.29, 0.717) is 17.3 Å². The molecule has 4 aromatic rings. The van der Waals surface area contributed by atoms with E-state index in [-0.39, 0.29) is 29.7 Å². The Morgan fingerprint density at radius 2 is 1.44 bits per heavy atom. The number of hydrogen-bond donors (Lipinski definition) is 1. The average molecular weight is 646 g/mol. The molecule has 0 fully saturated rings. The number of nitrogens with one attached hydrogen (secondary N) is 1. The summed E-state index contributed by atoms with van der Waals surface area (Å²) in [5.41, 5.74) is 2.99. The molecule has 1 atom stereocenters. The number of hydrogen-bond acceptors (Lipinski definition) is 4. The van der Waals surface area contributed by atoms with Crippen molar-refractivity contribution in [3.05, 3.63) is 131 Å². The summed E-state index contributed by atoms with van der Waals surface area (Å²) in [5.74, 6) is -0.585. The molecular weight excluding hydrogens is 606 g/mol. The fourth-order valence-electron chi connectivity index (χ4n) is 5.03. The SMILES string of the molecule is CCCNC(=O)[C@@H](Cc1ccccc1)N(Cc1cccc(Cl)c1)C(=O)CN(c1ccc(C(C)C)cc1)S(=O)(=O)c1ccccc1. The molecule has 0 unspecified atom stereocenters. The zero-order chi connectivity index (χ0) is 32.4. The standard InChI is InChI=1S/C36H40ClN3O4S/c1-4-22-38-36(42)34(24-28-12-7-5-8-13-28)39(25-29-14-11-15-31(37)23-29)35(41)26-40(32-20-18-30(19-21-32)27(2)3)45(43,44)33-16-9-6-10-17-33/h5-21,23,27,34H,4,22,24-26H2,1-3H3,(H,38,42)/t34-/m1/s1. The molecule has 9 heteroatoms.